The van der Waals surface area contributed by atoms with Crippen molar-refractivity contribution < 1.29 is 57.1 Å². The zero-order chi connectivity index (χ0) is 27.0. The van der Waals surface area contributed by atoms with Crippen molar-refractivity contribution in [3.05, 3.63) is 12.7 Å². The second-order valence-corrected chi connectivity index (χ2v) is 13.4. The van der Waals surface area contributed by atoms with E-state index in [0.29, 0.717) is 11.3 Å². The van der Waals surface area contributed by atoms with E-state index in [1.165, 1.54) is 23.6 Å². The minimum absolute atomic E-state index is 0.233. The number of aliphatic hydroxyl groups is 2. The molecule has 37 heavy (non-hydrogen) atoms. The molecule has 21 heteroatoms. The minimum Gasteiger partial charge on any atom is -0.387 e. The molecule has 0 spiro atoms. The molecule has 1 saturated heterocycles. The average molecular weight is 588 g/mol. The highest BCUT2D eigenvalue weighted by Crippen LogP contribution is 2.61. The molecule has 18 nitrogen and oxygen atoms in total. The first-order valence-electron chi connectivity index (χ1n) is 11.1. The van der Waals surface area contributed by atoms with E-state index >= 15 is 0 Å². The van der Waals surface area contributed by atoms with Crippen LogP contribution in [-0.4, -0.2) is 80.3 Å². The predicted octanol–water partition coefficient (Wildman–Crippen LogP) is 0.106. The van der Waals surface area contributed by atoms with Crippen molar-refractivity contribution in [2.75, 3.05) is 11.9 Å². The predicted molar refractivity (Wildman–Crippen MR) is 124 cm³/mol. The number of rotatable bonds is 10. The van der Waals surface area contributed by atoms with E-state index in [1.54, 1.807) is 0 Å². The number of fused-ring (bicyclic) bond motifs is 1. The first-order valence-corrected chi connectivity index (χ1v) is 15.8. The van der Waals surface area contributed by atoms with Crippen LogP contribution in [0.4, 0.5) is 5.82 Å². The lowest BCUT2D eigenvalue weighted by Gasteiger charge is -2.23. The fourth-order valence-corrected chi connectivity index (χ4v) is 7.63. The quantitative estimate of drug-likeness (QED) is 0.171. The number of anilines is 1. The molecule has 8 N–H and O–H groups in total. The van der Waals surface area contributed by atoms with Gasteiger partial charge in [-0.15, -0.1) is 4.86 Å². The number of nitrogens with one attached hydrogen (secondary N) is 2. The molecule has 2 aromatic rings. The van der Waals surface area contributed by atoms with E-state index in [1.807, 2.05) is 0 Å². The average Bonchev–Trinajstić information content (AvgIpc) is 3.33. The molecular formula is C16H27N6O12P3. The van der Waals surface area contributed by atoms with Gasteiger partial charge in [0.15, 0.2) is 23.2 Å². The summed E-state index contributed by atoms with van der Waals surface area (Å²) >= 11 is 0. The van der Waals surface area contributed by atoms with Gasteiger partial charge >= 0.3 is 23.3 Å². The Morgan fingerprint density at radius 2 is 1.73 bits per heavy atom. The molecule has 0 bridgehead atoms. The molecule has 6 atom stereocenters. The Morgan fingerprint density at radius 1 is 1.03 bits per heavy atom. The third-order valence-corrected chi connectivity index (χ3v) is 10.0. The van der Waals surface area contributed by atoms with Crippen LogP contribution in [0, 0.1) is 0 Å². The number of ether oxygens (including phenoxy) is 1. The van der Waals surface area contributed by atoms with Crippen LogP contribution in [0.25, 0.3) is 11.2 Å². The van der Waals surface area contributed by atoms with Crippen molar-refractivity contribution >= 4 is 40.3 Å². The van der Waals surface area contributed by atoms with Crippen molar-refractivity contribution in [3.8, 4) is 0 Å². The van der Waals surface area contributed by atoms with Gasteiger partial charge in [0.05, 0.1) is 12.9 Å². The van der Waals surface area contributed by atoms with E-state index in [0.717, 1.165) is 30.5 Å². The zero-order valence-electron chi connectivity index (χ0n) is 19.0. The first-order chi connectivity index (χ1) is 17.2. The standard InChI is InChI=1S/C16H27N6O12P3/c23-12-10(6-32-37(30,31)34-36(28,29)21-35(25,26)27)33-16(13(12)24)22-8-19-11-14(17-7-18-15(11)22)20-9-4-2-1-3-5-9/h7-10,12-13,16,23-24H,1-6H2,(H,30,31)(H,17,18,20)(H4,21,25,26,27,28,29)/t10-,12-,13-,16-/m1/s1. The molecule has 2 aromatic heterocycles. The molecular weight excluding hydrogens is 561 g/mol. The number of aromatic nitrogens is 4. The van der Waals surface area contributed by atoms with Crippen LogP contribution in [0.3, 0.4) is 0 Å². The number of nitrogens with zero attached hydrogens (tertiary/aromatic N) is 4. The van der Waals surface area contributed by atoms with Crippen molar-refractivity contribution in [3.63, 3.8) is 0 Å². The number of phosphoric acid groups is 1. The van der Waals surface area contributed by atoms with E-state index in [9.17, 15) is 33.7 Å². The van der Waals surface area contributed by atoms with Gasteiger partial charge in [0.1, 0.15) is 24.6 Å². The Kier molecular flexibility index (Phi) is 8.53. The first kappa shape index (κ1) is 28.6. The minimum atomic E-state index is -5.46. The van der Waals surface area contributed by atoms with Crippen molar-refractivity contribution in [1.29, 1.82) is 0 Å². The number of imidazole rings is 1. The monoisotopic (exact) mass is 588 g/mol. The van der Waals surface area contributed by atoms with Gasteiger partial charge in [0.2, 0.25) is 0 Å². The summed E-state index contributed by atoms with van der Waals surface area (Å²) in [7, 11) is -16.1. The van der Waals surface area contributed by atoms with E-state index < -0.39 is 54.5 Å². The highest BCUT2D eigenvalue weighted by molar-refractivity contribution is 7.70. The molecule has 4 rings (SSSR count). The second-order valence-electron chi connectivity index (χ2n) is 8.58. The van der Waals surface area contributed by atoms with Crippen LogP contribution in [0.15, 0.2) is 12.7 Å². The van der Waals surface area contributed by atoms with Crippen molar-refractivity contribution in [2.45, 2.75) is 62.7 Å². The summed E-state index contributed by atoms with van der Waals surface area (Å²) in [5, 5.41) is 24.3. The Morgan fingerprint density at radius 3 is 2.41 bits per heavy atom. The van der Waals surface area contributed by atoms with Crippen molar-refractivity contribution in [2.24, 2.45) is 0 Å². The molecule has 3 heterocycles. The van der Waals surface area contributed by atoms with E-state index in [-0.39, 0.29) is 11.7 Å². The number of hydrogen-bond donors (Lipinski definition) is 8. The van der Waals surface area contributed by atoms with Crippen LogP contribution in [0.5, 0.6) is 0 Å². The molecule has 1 aliphatic heterocycles. The molecule has 0 aromatic carbocycles. The molecule has 2 unspecified atom stereocenters. The third kappa shape index (κ3) is 7.19. The second kappa shape index (κ2) is 11.0. The summed E-state index contributed by atoms with van der Waals surface area (Å²) < 4.78 is 49.8. The van der Waals surface area contributed by atoms with Crippen LogP contribution in [0.2, 0.25) is 0 Å². The van der Waals surface area contributed by atoms with Gasteiger partial charge in [-0.1, -0.05) is 19.3 Å². The fraction of sp³-hybridized carbons (Fsp3) is 0.688. The van der Waals surface area contributed by atoms with E-state index in [4.69, 9.17) is 14.5 Å². The number of phosphoric ester groups is 1. The maximum atomic E-state index is 12.0. The summed E-state index contributed by atoms with van der Waals surface area (Å²) in [5.74, 6) is 0.499. The van der Waals surface area contributed by atoms with Gasteiger partial charge in [0, 0.05) is 6.04 Å². The lowest BCUT2D eigenvalue weighted by molar-refractivity contribution is -0.0502. The topological polar surface area (TPSA) is 268 Å². The Bertz CT molecular complexity index is 1250. The highest BCUT2D eigenvalue weighted by Gasteiger charge is 2.46. The van der Waals surface area contributed by atoms with Gasteiger partial charge in [-0.05, 0) is 12.8 Å². The lowest BCUT2D eigenvalue weighted by atomic mass is 9.95. The molecule has 0 amide bonds. The largest absolute Gasteiger partial charge is 0.480 e. The Labute approximate surface area is 209 Å². The highest BCUT2D eigenvalue weighted by atomic mass is 31.3. The van der Waals surface area contributed by atoms with Gasteiger partial charge in [-0.25, -0.2) is 28.6 Å². The summed E-state index contributed by atoms with van der Waals surface area (Å²) in [6, 6.07) is 0.233. The summed E-state index contributed by atoms with van der Waals surface area (Å²) in [4.78, 5) is 50.0. The number of hydrogen-bond acceptors (Lipinski definition) is 12. The van der Waals surface area contributed by atoms with Gasteiger partial charge < -0.3 is 39.8 Å². The molecule has 1 saturated carbocycles. The van der Waals surface area contributed by atoms with Crippen molar-refractivity contribution in [1.82, 2.24) is 24.4 Å². The normalized spacial score (nSPS) is 28.7. The smallest absolute Gasteiger partial charge is 0.387 e. The lowest BCUT2D eigenvalue weighted by Crippen LogP contribution is -2.33. The third-order valence-electron chi connectivity index (χ3n) is 5.79. The number of aliphatic hydroxyl groups excluding tert-OH is 2. The molecule has 1 aliphatic carbocycles. The van der Waals surface area contributed by atoms with Crippen LogP contribution < -0.4 is 10.2 Å². The maximum Gasteiger partial charge on any atom is 0.480 e. The zero-order valence-corrected chi connectivity index (χ0v) is 21.7. The molecule has 208 valence electrons. The van der Waals surface area contributed by atoms with Gasteiger partial charge in [0.25, 0.3) is 0 Å². The molecule has 2 aliphatic rings. The SMILES string of the molecule is O=P(O)(O)NP(=O)(O)OP(=O)(O)OC[C@H]1O[C@@H](n2cnc3c(NC4CCCCC4)ncnc32)[C@H](O)[C@@H]1O. The Balaban J connectivity index is 1.44. The molecule has 0 radical (unpaired) electrons. The Hall–Kier alpha value is -1.36. The van der Waals surface area contributed by atoms with E-state index in [2.05, 4.69) is 29.1 Å². The summed E-state index contributed by atoms with van der Waals surface area (Å²) in [6.07, 6.45) is 2.13. The van der Waals surface area contributed by atoms with Crippen LogP contribution >= 0.6 is 23.3 Å². The van der Waals surface area contributed by atoms with Gasteiger partial charge in [-0.2, -0.15) is 4.31 Å². The van der Waals surface area contributed by atoms with Crippen LogP contribution in [0.1, 0.15) is 38.3 Å². The molecule has 2 fully saturated rings. The summed E-state index contributed by atoms with van der Waals surface area (Å²) in [5.41, 5.74) is 0.689. The van der Waals surface area contributed by atoms with Crippen LogP contribution in [-0.2, 0) is 27.3 Å². The van der Waals surface area contributed by atoms with Gasteiger partial charge in [-0.3, -0.25) is 9.09 Å². The fourth-order valence-electron chi connectivity index (χ4n) is 4.19. The maximum absolute atomic E-state index is 12.0. The summed E-state index contributed by atoms with van der Waals surface area (Å²) in [6.45, 7) is -0.908.